The number of hydrogen-bond acceptors (Lipinski definition) is 2. The lowest BCUT2D eigenvalue weighted by molar-refractivity contribution is 0.0920. The molecule has 2 aliphatic rings. The molecular weight excluding hydrogens is 220 g/mol. The highest BCUT2D eigenvalue weighted by atomic mass is 15.2. The molecule has 1 fully saturated rings. The third kappa shape index (κ3) is 2.19. The van der Waals surface area contributed by atoms with Gasteiger partial charge in [0.25, 0.3) is 0 Å². The van der Waals surface area contributed by atoms with Gasteiger partial charge in [-0.15, -0.1) is 0 Å². The van der Waals surface area contributed by atoms with Crippen LogP contribution >= 0.6 is 0 Å². The van der Waals surface area contributed by atoms with E-state index in [9.17, 15) is 0 Å². The molecule has 0 spiro atoms. The average molecular weight is 244 g/mol. The Morgan fingerprint density at radius 3 is 3.11 bits per heavy atom. The summed E-state index contributed by atoms with van der Waals surface area (Å²) in [5, 5.41) is 3.54. The molecule has 0 aromatic heterocycles. The molecule has 1 aliphatic heterocycles. The monoisotopic (exact) mass is 244 g/mol. The van der Waals surface area contributed by atoms with Gasteiger partial charge in [0, 0.05) is 31.7 Å². The lowest BCUT2D eigenvalue weighted by atomic mass is 9.85. The largest absolute Gasteiger partial charge is 0.314 e. The maximum absolute atomic E-state index is 3.54. The number of nitrogens with one attached hydrogen (secondary N) is 1. The lowest BCUT2D eigenvalue weighted by Crippen LogP contribution is -2.52. The van der Waals surface area contributed by atoms with Crippen molar-refractivity contribution in [1.29, 1.82) is 0 Å². The van der Waals surface area contributed by atoms with Gasteiger partial charge in [0.15, 0.2) is 0 Å². The third-order valence-corrected chi connectivity index (χ3v) is 4.61. The van der Waals surface area contributed by atoms with E-state index in [-0.39, 0.29) is 0 Å². The van der Waals surface area contributed by atoms with E-state index in [4.69, 9.17) is 0 Å². The van der Waals surface area contributed by atoms with Crippen LogP contribution in [0.2, 0.25) is 0 Å². The fraction of sp³-hybridized carbons (Fsp3) is 0.625. The molecule has 2 atom stereocenters. The van der Waals surface area contributed by atoms with Crippen molar-refractivity contribution in [3.8, 4) is 0 Å². The Labute approximate surface area is 110 Å². The second-order valence-electron chi connectivity index (χ2n) is 5.61. The molecule has 1 aromatic rings. The van der Waals surface area contributed by atoms with Crippen LogP contribution in [-0.2, 0) is 6.42 Å². The molecule has 0 bridgehead atoms. The molecule has 1 aliphatic carbocycles. The van der Waals surface area contributed by atoms with E-state index in [1.165, 1.54) is 32.2 Å². The fourth-order valence-electron chi connectivity index (χ4n) is 3.64. The molecule has 1 heterocycles. The number of fused-ring (bicyclic) bond motifs is 1. The normalized spacial score (nSPS) is 28.9. The lowest BCUT2D eigenvalue weighted by Gasteiger charge is -2.43. The predicted octanol–water partition coefficient (Wildman–Crippen LogP) is 2.75. The Morgan fingerprint density at radius 2 is 2.22 bits per heavy atom. The highest BCUT2D eigenvalue weighted by molar-refractivity contribution is 5.32. The first-order chi connectivity index (χ1) is 8.90. The van der Waals surface area contributed by atoms with Crippen LogP contribution in [0.1, 0.15) is 43.4 Å². The van der Waals surface area contributed by atoms with Gasteiger partial charge in [-0.3, -0.25) is 4.90 Å². The van der Waals surface area contributed by atoms with Crippen molar-refractivity contribution >= 4 is 0 Å². The molecule has 3 rings (SSSR count). The smallest absolute Gasteiger partial charge is 0.0354 e. The molecule has 2 unspecified atom stereocenters. The van der Waals surface area contributed by atoms with E-state index in [1.807, 2.05) is 0 Å². The minimum atomic E-state index is 0.669. The molecule has 18 heavy (non-hydrogen) atoms. The van der Waals surface area contributed by atoms with Crippen LogP contribution in [0.4, 0.5) is 0 Å². The van der Waals surface area contributed by atoms with Crippen LogP contribution in [-0.4, -0.2) is 30.6 Å². The zero-order valence-electron chi connectivity index (χ0n) is 11.4. The van der Waals surface area contributed by atoms with E-state index in [1.54, 1.807) is 11.1 Å². The molecule has 2 heteroatoms. The van der Waals surface area contributed by atoms with Crippen LogP contribution in [0.25, 0.3) is 0 Å². The van der Waals surface area contributed by atoms with Crippen LogP contribution in [0, 0.1) is 0 Å². The maximum atomic E-state index is 3.54. The molecule has 1 saturated heterocycles. The van der Waals surface area contributed by atoms with Gasteiger partial charge in [0.2, 0.25) is 0 Å². The Kier molecular flexibility index (Phi) is 3.67. The molecule has 1 N–H and O–H groups in total. The second kappa shape index (κ2) is 5.41. The van der Waals surface area contributed by atoms with Crippen molar-refractivity contribution in [2.45, 2.75) is 44.7 Å². The number of nitrogens with zero attached hydrogens (tertiary/aromatic N) is 1. The van der Waals surface area contributed by atoms with E-state index in [2.05, 4.69) is 41.4 Å². The molecule has 0 saturated carbocycles. The highest BCUT2D eigenvalue weighted by Gasteiger charge is 2.31. The first-order valence-corrected chi connectivity index (χ1v) is 7.44. The first kappa shape index (κ1) is 12.2. The standard InChI is InChI=1S/C16H24N2/c1-2-14-12-17-10-11-18(14)16-9-5-7-13-6-3-4-8-15(13)16/h3-4,6,8,14,16-17H,2,5,7,9-12H2,1H3. The van der Waals surface area contributed by atoms with Crippen molar-refractivity contribution in [2.24, 2.45) is 0 Å². The number of benzene rings is 1. The van der Waals surface area contributed by atoms with Crippen molar-refractivity contribution in [2.75, 3.05) is 19.6 Å². The topological polar surface area (TPSA) is 15.3 Å². The van der Waals surface area contributed by atoms with E-state index >= 15 is 0 Å². The van der Waals surface area contributed by atoms with Gasteiger partial charge in [-0.25, -0.2) is 0 Å². The third-order valence-electron chi connectivity index (χ3n) is 4.61. The van der Waals surface area contributed by atoms with Gasteiger partial charge in [-0.1, -0.05) is 31.2 Å². The first-order valence-electron chi connectivity index (χ1n) is 7.44. The number of piperazine rings is 1. The minimum Gasteiger partial charge on any atom is -0.314 e. The number of aryl methyl sites for hydroxylation is 1. The average Bonchev–Trinajstić information content (AvgIpc) is 2.46. The quantitative estimate of drug-likeness (QED) is 0.860. The summed E-state index contributed by atoms with van der Waals surface area (Å²) in [6.07, 6.45) is 5.22. The minimum absolute atomic E-state index is 0.669. The van der Waals surface area contributed by atoms with Gasteiger partial charge in [-0.05, 0) is 36.8 Å². The van der Waals surface area contributed by atoms with E-state index < -0.39 is 0 Å². The summed E-state index contributed by atoms with van der Waals surface area (Å²) >= 11 is 0. The summed E-state index contributed by atoms with van der Waals surface area (Å²) in [5.74, 6) is 0. The van der Waals surface area contributed by atoms with E-state index in [0.717, 1.165) is 19.1 Å². The Balaban J connectivity index is 1.88. The molecule has 0 radical (unpaired) electrons. The van der Waals surface area contributed by atoms with Crippen LogP contribution in [0.5, 0.6) is 0 Å². The molecular formula is C16H24N2. The zero-order chi connectivity index (χ0) is 12.4. The van der Waals surface area contributed by atoms with E-state index in [0.29, 0.717) is 6.04 Å². The van der Waals surface area contributed by atoms with Crippen molar-refractivity contribution in [1.82, 2.24) is 10.2 Å². The summed E-state index contributed by atoms with van der Waals surface area (Å²) in [6, 6.07) is 10.5. The summed E-state index contributed by atoms with van der Waals surface area (Å²) in [7, 11) is 0. The van der Waals surface area contributed by atoms with Crippen LogP contribution in [0.15, 0.2) is 24.3 Å². The SMILES string of the molecule is CCC1CNCCN1C1CCCc2ccccc21. The van der Waals surface area contributed by atoms with Gasteiger partial charge >= 0.3 is 0 Å². The van der Waals surface area contributed by atoms with Crippen LogP contribution in [0.3, 0.4) is 0 Å². The summed E-state index contributed by atoms with van der Waals surface area (Å²) in [4.78, 5) is 2.76. The number of rotatable bonds is 2. The molecule has 1 aromatic carbocycles. The van der Waals surface area contributed by atoms with Gasteiger partial charge in [0.05, 0.1) is 0 Å². The van der Waals surface area contributed by atoms with Crippen molar-refractivity contribution < 1.29 is 0 Å². The predicted molar refractivity (Wildman–Crippen MR) is 75.8 cm³/mol. The van der Waals surface area contributed by atoms with Gasteiger partial charge in [0.1, 0.15) is 0 Å². The molecule has 0 amide bonds. The molecule has 98 valence electrons. The van der Waals surface area contributed by atoms with Crippen LogP contribution < -0.4 is 5.32 Å². The molecule has 2 nitrogen and oxygen atoms in total. The Bertz CT molecular complexity index is 402. The highest BCUT2D eigenvalue weighted by Crippen LogP contribution is 2.35. The summed E-state index contributed by atoms with van der Waals surface area (Å²) < 4.78 is 0. The number of hydrogen-bond donors (Lipinski definition) is 1. The summed E-state index contributed by atoms with van der Waals surface area (Å²) in [6.45, 7) is 5.83. The van der Waals surface area contributed by atoms with Crippen molar-refractivity contribution in [3.63, 3.8) is 0 Å². The Hall–Kier alpha value is -0.860. The van der Waals surface area contributed by atoms with Gasteiger partial charge in [-0.2, -0.15) is 0 Å². The zero-order valence-corrected chi connectivity index (χ0v) is 11.4. The Morgan fingerprint density at radius 1 is 1.33 bits per heavy atom. The summed E-state index contributed by atoms with van der Waals surface area (Å²) in [5.41, 5.74) is 3.19. The second-order valence-corrected chi connectivity index (χ2v) is 5.61. The van der Waals surface area contributed by atoms with Gasteiger partial charge < -0.3 is 5.32 Å². The fourth-order valence-corrected chi connectivity index (χ4v) is 3.64. The van der Waals surface area contributed by atoms with Crippen molar-refractivity contribution in [3.05, 3.63) is 35.4 Å². The maximum Gasteiger partial charge on any atom is 0.0354 e.